The van der Waals surface area contributed by atoms with Crippen molar-refractivity contribution in [2.75, 3.05) is 24.4 Å². The number of carbonyl (C=O) groups excluding carboxylic acids is 1. The van der Waals surface area contributed by atoms with Crippen LogP contribution in [0.3, 0.4) is 0 Å². The van der Waals surface area contributed by atoms with Crippen LogP contribution in [0, 0.1) is 0 Å². The van der Waals surface area contributed by atoms with E-state index < -0.39 is 10.0 Å². The number of rotatable bonds is 4. The van der Waals surface area contributed by atoms with Gasteiger partial charge in [-0.15, -0.1) is 11.3 Å². The minimum atomic E-state index is -3.69. The molecule has 3 rings (SSSR count). The average molecular weight is 381 g/mol. The third-order valence-electron chi connectivity index (χ3n) is 3.90. The van der Waals surface area contributed by atoms with Gasteiger partial charge in [0.2, 0.25) is 0 Å². The lowest BCUT2D eigenvalue weighted by molar-refractivity contribution is 0.0706. The Kier molecular flexibility index (Phi) is 4.98. The first-order chi connectivity index (χ1) is 11.9. The van der Waals surface area contributed by atoms with Crippen LogP contribution in [-0.4, -0.2) is 50.0 Å². The molecule has 134 valence electrons. The highest BCUT2D eigenvalue weighted by Crippen LogP contribution is 2.26. The number of benzene rings is 1. The zero-order chi connectivity index (χ0) is 18.0. The standard InChI is InChI=1S/C16H19N3O4S2/c1-11-10-19(7-6-17-11)16(21)13-5-4-12(9-14(13)20)18-25(22,23)15-3-2-8-24-15/h2-5,8-9,11,17-18,20H,6-7,10H2,1H3/t11-/m1/s1. The lowest BCUT2D eigenvalue weighted by Gasteiger charge is -2.32. The molecule has 2 heterocycles. The Morgan fingerprint density at radius 2 is 2.20 bits per heavy atom. The lowest BCUT2D eigenvalue weighted by Crippen LogP contribution is -2.51. The van der Waals surface area contributed by atoms with Crippen LogP contribution < -0.4 is 10.0 Å². The van der Waals surface area contributed by atoms with E-state index in [-0.39, 0.29) is 33.2 Å². The highest BCUT2D eigenvalue weighted by Gasteiger charge is 2.24. The molecule has 1 aromatic carbocycles. The Morgan fingerprint density at radius 1 is 1.40 bits per heavy atom. The molecule has 1 aliphatic heterocycles. The van der Waals surface area contributed by atoms with Crippen molar-refractivity contribution in [2.24, 2.45) is 0 Å². The molecule has 1 saturated heterocycles. The van der Waals surface area contributed by atoms with Gasteiger partial charge in [-0.25, -0.2) is 8.42 Å². The van der Waals surface area contributed by atoms with E-state index in [0.717, 1.165) is 11.3 Å². The predicted molar refractivity (Wildman–Crippen MR) is 96.6 cm³/mol. The van der Waals surface area contributed by atoms with Crippen LogP contribution in [0.2, 0.25) is 0 Å². The number of sulfonamides is 1. The summed E-state index contributed by atoms with van der Waals surface area (Å²) in [5, 5.41) is 15.1. The Morgan fingerprint density at radius 3 is 2.84 bits per heavy atom. The Hall–Kier alpha value is -2.10. The molecule has 1 amide bonds. The van der Waals surface area contributed by atoms with E-state index in [9.17, 15) is 18.3 Å². The van der Waals surface area contributed by atoms with Gasteiger partial charge in [-0.05, 0) is 30.5 Å². The monoisotopic (exact) mass is 381 g/mol. The van der Waals surface area contributed by atoms with E-state index >= 15 is 0 Å². The Labute approximate surface area is 150 Å². The van der Waals surface area contributed by atoms with Gasteiger partial charge in [0.05, 0.1) is 11.3 Å². The summed E-state index contributed by atoms with van der Waals surface area (Å²) < 4.78 is 27.0. The molecule has 3 N–H and O–H groups in total. The van der Waals surface area contributed by atoms with Gasteiger partial charge in [-0.2, -0.15) is 0 Å². The normalized spacial score (nSPS) is 18.1. The smallest absolute Gasteiger partial charge is 0.271 e. The first-order valence-corrected chi connectivity index (χ1v) is 10.1. The molecule has 0 saturated carbocycles. The van der Waals surface area contributed by atoms with Crippen LogP contribution in [0.4, 0.5) is 5.69 Å². The fourth-order valence-electron chi connectivity index (χ4n) is 2.68. The van der Waals surface area contributed by atoms with E-state index in [1.165, 1.54) is 24.3 Å². The summed E-state index contributed by atoms with van der Waals surface area (Å²) in [5.74, 6) is -0.513. The zero-order valence-corrected chi connectivity index (χ0v) is 15.2. The summed E-state index contributed by atoms with van der Waals surface area (Å²) in [4.78, 5) is 14.2. The number of hydrogen-bond donors (Lipinski definition) is 3. The molecule has 7 nitrogen and oxygen atoms in total. The predicted octanol–water partition coefficient (Wildman–Crippen LogP) is 1.69. The maximum Gasteiger partial charge on any atom is 0.271 e. The molecule has 1 atom stereocenters. The number of piperazine rings is 1. The highest BCUT2D eigenvalue weighted by molar-refractivity contribution is 7.94. The maximum absolute atomic E-state index is 12.6. The molecule has 0 unspecified atom stereocenters. The third-order valence-corrected chi connectivity index (χ3v) is 6.68. The fourth-order valence-corrected chi connectivity index (χ4v) is 4.73. The summed E-state index contributed by atoms with van der Waals surface area (Å²) in [6, 6.07) is 7.50. The van der Waals surface area contributed by atoms with Gasteiger partial charge in [0.1, 0.15) is 9.96 Å². The molecule has 1 aliphatic rings. The Bertz CT molecular complexity index is 866. The van der Waals surface area contributed by atoms with Crippen LogP contribution in [0.5, 0.6) is 5.75 Å². The molecule has 9 heteroatoms. The molecular formula is C16H19N3O4S2. The summed E-state index contributed by atoms with van der Waals surface area (Å²) >= 11 is 1.10. The van der Waals surface area contributed by atoms with Crippen molar-refractivity contribution < 1.29 is 18.3 Å². The van der Waals surface area contributed by atoms with Crippen molar-refractivity contribution >= 4 is 33.0 Å². The molecule has 0 spiro atoms. The first kappa shape index (κ1) is 17.7. The first-order valence-electron chi connectivity index (χ1n) is 7.79. The van der Waals surface area contributed by atoms with Gasteiger partial charge < -0.3 is 15.3 Å². The second-order valence-electron chi connectivity index (χ2n) is 5.88. The number of hydrogen-bond acceptors (Lipinski definition) is 6. The number of nitrogens with one attached hydrogen (secondary N) is 2. The van der Waals surface area contributed by atoms with E-state index in [1.54, 1.807) is 16.3 Å². The topological polar surface area (TPSA) is 98.7 Å². The molecule has 0 aliphatic carbocycles. The van der Waals surface area contributed by atoms with E-state index in [1.807, 2.05) is 6.92 Å². The van der Waals surface area contributed by atoms with Crippen molar-refractivity contribution in [3.05, 3.63) is 41.3 Å². The van der Waals surface area contributed by atoms with Gasteiger partial charge in [0.25, 0.3) is 15.9 Å². The summed E-state index contributed by atoms with van der Waals surface area (Å²) in [5.41, 5.74) is 0.365. The van der Waals surface area contributed by atoms with Crippen molar-refractivity contribution in [3.8, 4) is 5.75 Å². The quantitative estimate of drug-likeness (QED) is 0.749. The fraction of sp³-hybridized carbons (Fsp3) is 0.312. The third kappa shape index (κ3) is 3.94. The van der Waals surface area contributed by atoms with E-state index in [4.69, 9.17) is 0 Å². The average Bonchev–Trinajstić information content (AvgIpc) is 3.09. The minimum absolute atomic E-state index is 0.160. The largest absolute Gasteiger partial charge is 0.507 e. The number of carbonyl (C=O) groups is 1. The number of anilines is 1. The molecule has 1 fully saturated rings. The second-order valence-corrected chi connectivity index (χ2v) is 8.73. The molecule has 25 heavy (non-hydrogen) atoms. The molecule has 0 radical (unpaired) electrons. The van der Waals surface area contributed by atoms with Gasteiger partial charge >= 0.3 is 0 Å². The lowest BCUT2D eigenvalue weighted by atomic mass is 10.1. The number of amides is 1. The van der Waals surface area contributed by atoms with Gasteiger partial charge in [-0.1, -0.05) is 6.07 Å². The van der Waals surface area contributed by atoms with Crippen molar-refractivity contribution in [1.29, 1.82) is 0 Å². The van der Waals surface area contributed by atoms with E-state index in [2.05, 4.69) is 10.0 Å². The summed E-state index contributed by atoms with van der Waals surface area (Å²) in [7, 11) is -3.69. The summed E-state index contributed by atoms with van der Waals surface area (Å²) in [6.07, 6.45) is 0. The van der Waals surface area contributed by atoms with Crippen LogP contribution in [0.15, 0.2) is 39.9 Å². The number of nitrogens with zero attached hydrogens (tertiary/aromatic N) is 1. The molecular weight excluding hydrogens is 362 g/mol. The maximum atomic E-state index is 12.6. The van der Waals surface area contributed by atoms with Crippen LogP contribution in [-0.2, 0) is 10.0 Å². The van der Waals surface area contributed by atoms with Crippen molar-refractivity contribution in [2.45, 2.75) is 17.2 Å². The van der Waals surface area contributed by atoms with Gasteiger partial charge in [0.15, 0.2) is 0 Å². The minimum Gasteiger partial charge on any atom is -0.507 e. The van der Waals surface area contributed by atoms with E-state index in [0.29, 0.717) is 19.6 Å². The summed E-state index contributed by atoms with van der Waals surface area (Å²) in [6.45, 7) is 3.81. The molecule has 0 bridgehead atoms. The Balaban J connectivity index is 1.78. The number of phenols is 1. The van der Waals surface area contributed by atoms with Gasteiger partial charge in [-0.3, -0.25) is 9.52 Å². The number of aromatic hydroxyl groups is 1. The van der Waals surface area contributed by atoms with Crippen LogP contribution in [0.1, 0.15) is 17.3 Å². The van der Waals surface area contributed by atoms with Crippen molar-refractivity contribution in [1.82, 2.24) is 10.2 Å². The molecule has 1 aromatic heterocycles. The zero-order valence-electron chi connectivity index (χ0n) is 13.6. The van der Waals surface area contributed by atoms with Crippen LogP contribution >= 0.6 is 11.3 Å². The highest BCUT2D eigenvalue weighted by atomic mass is 32.2. The van der Waals surface area contributed by atoms with Crippen LogP contribution in [0.25, 0.3) is 0 Å². The number of phenolic OH excluding ortho intramolecular Hbond substituents is 1. The second kappa shape index (κ2) is 7.03. The number of thiophene rings is 1. The SMILES string of the molecule is C[C@@H]1CN(C(=O)c2ccc(NS(=O)(=O)c3cccs3)cc2O)CCN1. The van der Waals surface area contributed by atoms with Crippen molar-refractivity contribution in [3.63, 3.8) is 0 Å². The molecule has 2 aromatic rings. The van der Waals surface area contributed by atoms with Gasteiger partial charge in [0, 0.05) is 31.7 Å².